The molecule has 0 aliphatic rings. The van der Waals surface area contributed by atoms with Gasteiger partial charge in [-0.25, -0.2) is 4.39 Å². The fraction of sp³-hybridized carbons (Fsp3) is 0.118. The molecule has 0 saturated carbocycles. The van der Waals surface area contributed by atoms with Crippen LogP contribution in [0.25, 0.3) is 0 Å². The first-order chi connectivity index (χ1) is 11.1. The molecule has 0 radical (unpaired) electrons. The van der Waals surface area contributed by atoms with Gasteiger partial charge in [0, 0.05) is 12.3 Å². The number of hydrogen-bond acceptors (Lipinski definition) is 4. The summed E-state index contributed by atoms with van der Waals surface area (Å²) in [5.74, 6) is 0.0756. The topological polar surface area (TPSA) is 47.6 Å². The van der Waals surface area contributed by atoms with Gasteiger partial charge >= 0.3 is 0 Å². The van der Waals surface area contributed by atoms with E-state index in [-0.39, 0.29) is 16.5 Å². The predicted octanol–water partition coefficient (Wildman–Crippen LogP) is 4.30. The molecule has 0 spiro atoms. The van der Waals surface area contributed by atoms with Gasteiger partial charge < -0.3 is 14.8 Å². The van der Waals surface area contributed by atoms with Crippen molar-refractivity contribution < 1.29 is 18.7 Å². The van der Waals surface area contributed by atoms with Crippen LogP contribution in [-0.2, 0) is 0 Å². The summed E-state index contributed by atoms with van der Waals surface area (Å²) < 4.78 is 24.0. The van der Waals surface area contributed by atoms with E-state index in [4.69, 9.17) is 21.1 Å². The van der Waals surface area contributed by atoms with Gasteiger partial charge in [-0.3, -0.25) is 4.79 Å². The van der Waals surface area contributed by atoms with Gasteiger partial charge in [-0.05, 0) is 30.3 Å². The Morgan fingerprint density at radius 3 is 2.70 bits per heavy atom. The zero-order valence-corrected chi connectivity index (χ0v) is 13.4. The van der Waals surface area contributed by atoms with E-state index in [9.17, 15) is 9.18 Å². The lowest BCUT2D eigenvalue weighted by Gasteiger charge is -2.08. The van der Waals surface area contributed by atoms with Gasteiger partial charge in [-0.15, -0.1) is 0 Å². The summed E-state index contributed by atoms with van der Waals surface area (Å²) in [5, 5.41) is 2.69. The Morgan fingerprint density at radius 2 is 2.00 bits per heavy atom. The highest BCUT2D eigenvalue weighted by Gasteiger charge is 2.11. The van der Waals surface area contributed by atoms with Crippen LogP contribution < -0.4 is 14.8 Å². The highest BCUT2D eigenvalue weighted by atomic mass is 35.5. The largest absolute Gasteiger partial charge is 0.497 e. The number of ketones is 1. The number of carbonyl (C=O) groups is 1. The lowest BCUT2D eigenvalue weighted by molar-refractivity contribution is 0.104. The average molecular weight is 336 g/mol. The van der Waals surface area contributed by atoms with E-state index in [0.717, 1.165) is 0 Å². The molecule has 120 valence electrons. The maximum Gasteiger partial charge on any atom is 0.191 e. The zero-order valence-electron chi connectivity index (χ0n) is 12.6. The lowest BCUT2D eigenvalue weighted by Crippen LogP contribution is -2.01. The van der Waals surface area contributed by atoms with Crippen molar-refractivity contribution >= 4 is 23.1 Å². The first kappa shape index (κ1) is 16.8. The van der Waals surface area contributed by atoms with Crippen LogP contribution in [-0.4, -0.2) is 20.0 Å². The van der Waals surface area contributed by atoms with E-state index in [2.05, 4.69) is 5.32 Å². The van der Waals surface area contributed by atoms with Crippen LogP contribution in [0.15, 0.2) is 48.7 Å². The third-order valence-electron chi connectivity index (χ3n) is 3.10. The SMILES string of the molecule is COc1ccc(OC)c(C(=O)/C=C/Nc2cccc(Cl)c2F)c1. The molecule has 0 heterocycles. The summed E-state index contributed by atoms with van der Waals surface area (Å²) in [7, 11) is 2.98. The monoisotopic (exact) mass is 335 g/mol. The molecule has 0 atom stereocenters. The Labute approximate surface area is 138 Å². The fourth-order valence-electron chi connectivity index (χ4n) is 1.92. The number of methoxy groups -OCH3 is 2. The summed E-state index contributed by atoms with van der Waals surface area (Å²) >= 11 is 5.69. The zero-order chi connectivity index (χ0) is 16.8. The van der Waals surface area contributed by atoms with E-state index in [1.165, 1.54) is 38.6 Å². The van der Waals surface area contributed by atoms with Crippen molar-refractivity contribution in [2.24, 2.45) is 0 Å². The molecule has 0 aliphatic heterocycles. The lowest BCUT2D eigenvalue weighted by atomic mass is 10.1. The normalized spacial score (nSPS) is 10.6. The molecule has 1 N–H and O–H groups in total. The summed E-state index contributed by atoms with van der Waals surface area (Å²) in [6.07, 6.45) is 2.62. The third kappa shape index (κ3) is 4.02. The molecule has 0 amide bonds. The first-order valence-corrected chi connectivity index (χ1v) is 7.08. The van der Waals surface area contributed by atoms with Crippen LogP contribution >= 0.6 is 11.6 Å². The minimum atomic E-state index is -0.578. The maximum absolute atomic E-state index is 13.7. The average Bonchev–Trinajstić information content (AvgIpc) is 2.57. The highest BCUT2D eigenvalue weighted by molar-refractivity contribution is 6.31. The quantitative estimate of drug-likeness (QED) is 0.631. The van der Waals surface area contributed by atoms with E-state index < -0.39 is 5.82 Å². The Kier molecular flexibility index (Phi) is 5.60. The van der Waals surface area contributed by atoms with Crippen LogP contribution in [0.4, 0.5) is 10.1 Å². The number of carbonyl (C=O) groups excluding carboxylic acids is 1. The second-order valence-electron chi connectivity index (χ2n) is 4.51. The molecule has 0 bridgehead atoms. The van der Waals surface area contributed by atoms with Gasteiger partial charge in [0.05, 0.1) is 30.5 Å². The summed E-state index contributed by atoms with van der Waals surface area (Å²) in [5.41, 5.74) is 0.524. The van der Waals surface area contributed by atoms with Crippen molar-refractivity contribution in [3.05, 3.63) is 65.1 Å². The molecular formula is C17H15ClFNO3. The van der Waals surface area contributed by atoms with E-state index in [1.807, 2.05) is 0 Å². The first-order valence-electron chi connectivity index (χ1n) is 6.70. The molecule has 0 saturated heterocycles. The smallest absolute Gasteiger partial charge is 0.191 e. The molecule has 6 heteroatoms. The van der Waals surface area contributed by atoms with Gasteiger partial charge in [0.15, 0.2) is 11.6 Å². The van der Waals surface area contributed by atoms with Crippen LogP contribution in [0.3, 0.4) is 0 Å². The Bertz CT molecular complexity index is 747. The number of allylic oxidation sites excluding steroid dienone is 1. The molecule has 0 aromatic heterocycles. The number of benzene rings is 2. The van der Waals surface area contributed by atoms with Crippen molar-refractivity contribution in [1.29, 1.82) is 0 Å². The highest BCUT2D eigenvalue weighted by Crippen LogP contribution is 2.25. The number of hydrogen-bond donors (Lipinski definition) is 1. The van der Waals surface area contributed by atoms with Gasteiger partial charge in [-0.2, -0.15) is 0 Å². The molecule has 0 unspecified atom stereocenters. The maximum atomic E-state index is 13.7. The Hall–Kier alpha value is -2.53. The Morgan fingerprint density at radius 1 is 1.22 bits per heavy atom. The van der Waals surface area contributed by atoms with Crippen LogP contribution in [0.1, 0.15) is 10.4 Å². The minimum Gasteiger partial charge on any atom is -0.497 e. The molecular weight excluding hydrogens is 321 g/mol. The molecule has 0 aliphatic carbocycles. The van der Waals surface area contributed by atoms with Crippen molar-refractivity contribution in [3.63, 3.8) is 0 Å². The van der Waals surface area contributed by atoms with Gasteiger partial charge in [0.1, 0.15) is 11.5 Å². The molecule has 2 aromatic carbocycles. The van der Waals surface area contributed by atoms with E-state index in [0.29, 0.717) is 17.1 Å². The summed E-state index contributed by atoms with van der Waals surface area (Å²) in [6.45, 7) is 0. The summed E-state index contributed by atoms with van der Waals surface area (Å²) in [6, 6.07) is 9.48. The molecule has 2 rings (SSSR count). The second kappa shape index (κ2) is 7.65. The number of halogens is 2. The van der Waals surface area contributed by atoms with Crippen molar-refractivity contribution in [2.75, 3.05) is 19.5 Å². The predicted molar refractivity (Wildman–Crippen MR) is 88.0 cm³/mol. The van der Waals surface area contributed by atoms with Gasteiger partial charge in [-0.1, -0.05) is 17.7 Å². The van der Waals surface area contributed by atoms with Crippen LogP contribution in [0, 0.1) is 5.82 Å². The molecule has 4 nitrogen and oxygen atoms in total. The minimum absolute atomic E-state index is 0.00388. The van der Waals surface area contributed by atoms with Crippen LogP contribution in [0.5, 0.6) is 11.5 Å². The standard InChI is InChI=1S/C17H15ClFNO3/c1-22-11-6-7-16(23-2)12(10-11)15(21)8-9-20-14-5-3-4-13(18)17(14)19/h3-10,20H,1-2H3/b9-8+. The molecule has 0 fully saturated rings. The van der Waals surface area contributed by atoms with Gasteiger partial charge in [0.25, 0.3) is 0 Å². The van der Waals surface area contributed by atoms with Crippen molar-refractivity contribution in [1.82, 2.24) is 0 Å². The number of ether oxygens (including phenoxy) is 2. The van der Waals surface area contributed by atoms with E-state index in [1.54, 1.807) is 24.3 Å². The molecule has 2 aromatic rings. The molecule has 23 heavy (non-hydrogen) atoms. The fourth-order valence-corrected chi connectivity index (χ4v) is 2.09. The van der Waals surface area contributed by atoms with Gasteiger partial charge in [0.2, 0.25) is 0 Å². The van der Waals surface area contributed by atoms with Crippen molar-refractivity contribution in [2.45, 2.75) is 0 Å². The number of rotatable bonds is 6. The van der Waals surface area contributed by atoms with Crippen molar-refractivity contribution in [3.8, 4) is 11.5 Å². The van der Waals surface area contributed by atoms with E-state index >= 15 is 0 Å². The number of anilines is 1. The Balaban J connectivity index is 2.17. The second-order valence-corrected chi connectivity index (χ2v) is 4.92. The van der Waals surface area contributed by atoms with Crippen LogP contribution in [0.2, 0.25) is 5.02 Å². The third-order valence-corrected chi connectivity index (χ3v) is 3.39. The summed E-state index contributed by atoms with van der Waals surface area (Å²) in [4.78, 5) is 12.3. The number of nitrogens with one attached hydrogen (secondary N) is 1.